The van der Waals surface area contributed by atoms with Gasteiger partial charge in [-0.3, -0.25) is 0 Å². The molecule has 3 N–H and O–H groups in total. The number of alkyl carbamates (subject to hydrolysis) is 1. The lowest BCUT2D eigenvalue weighted by molar-refractivity contribution is 0.160. The first-order chi connectivity index (χ1) is 3.95. The van der Waals surface area contributed by atoms with Crippen LogP contribution in [0.4, 0.5) is 4.79 Å². The van der Waals surface area contributed by atoms with Crippen LogP contribution in [0, 0.1) is 0 Å². The Balaban J connectivity index is 3.60. The van der Waals surface area contributed by atoms with Gasteiger partial charge >= 0.3 is 6.09 Å². The normalized spacial score (nSPS) is 10.7. The van der Waals surface area contributed by atoms with Gasteiger partial charge in [0, 0.05) is 0 Å². The molecular formula is C5H12N2O2. The first-order valence-electron chi connectivity index (χ1n) is 2.61. The molecule has 9 heavy (non-hydrogen) atoms. The molecule has 54 valence electrons. The number of carbonyl (C=O) groups is 1. The lowest BCUT2D eigenvalue weighted by Gasteiger charge is -2.18. The van der Waals surface area contributed by atoms with Crippen LogP contribution in [-0.4, -0.2) is 18.9 Å². The van der Waals surface area contributed by atoms with Crippen molar-refractivity contribution in [1.82, 2.24) is 5.32 Å². The van der Waals surface area contributed by atoms with Gasteiger partial charge in [0.2, 0.25) is 0 Å². The molecular weight excluding hydrogens is 120 g/mol. The van der Waals surface area contributed by atoms with Crippen molar-refractivity contribution in [3.8, 4) is 0 Å². The molecule has 0 aromatic heterocycles. The van der Waals surface area contributed by atoms with E-state index in [-0.39, 0.29) is 0 Å². The van der Waals surface area contributed by atoms with Crippen molar-refractivity contribution in [3.63, 3.8) is 0 Å². The second-order valence-electron chi connectivity index (χ2n) is 2.34. The van der Waals surface area contributed by atoms with Crippen LogP contribution < -0.4 is 11.1 Å². The van der Waals surface area contributed by atoms with Crippen molar-refractivity contribution in [1.29, 1.82) is 0 Å². The van der Waals surface area contributed by atoms with Gasteiger partial charge < -0.3 is 15.8 Å². The third-order valence-corrected chi connectivity index (χ3v) is 0.610. The molecule has 0 aromatic carbocycles. The van der Waals surface area contributed by atoms with E-state index >= 15 is 0 Å². The third kappa shape index (κ3) is 5.10. The largest absolute Gasteiger partial charge is 0.453 e. The van der Waals surface area contributed by atoms with Crippen LogP contribution in [-0.2, 0) is 4.74 Å². The molecule has 4 heteroatoms. The molecule has 0 spiro atoms. The van der Waals surface area contributed by atoms with Gasteiger partial charge in [0.25, 0.3) is 0 Å². The van der Waals surface area contributed by atoms with E-state index in [1.807, 2.05) is 0 Å². The maximum atomic E-state index is 10.4. The molecule has 0 aliphatic carbocycles. The third-order valence-electron chi connectivity index (χ3n) is 0.610. The Kier molecular flexibility index (Phi) is 2.45. The minimum absolute atomic E-state index is 0.512. The summed E-state index contributed by atoms with van der Waals surface area (Å²) in [7, 11) is 1.29. The lowest BCUT2D eigenvalue weighted by Crippen LogP contribution is -2.50. The lowest BCUT2D eigenvalue weighted by atomic mass is 10.3. The van der Waals surface area contributed by atoms with Crippen molar-refractivity contribution < 1.29 is 9.53 Å². The topological polar surface area (TPSA) is 64.3 Å². The first-order valence-corrected chi connectivity index (χ1v) is 2.61. The second-order valence-corrected chi connectivity index (χ2v) is 2.34. The summed E-state index contributed by atoms with van der Waals surface area (Å²) in [4.78, 5) is 10.4. The number of ether oxygens (including phenoxy) is 1. The minimum Gasteiger partial charge on any atom is -0.453 e. The van der Waals surface area contributed by atoms with E-state index in [0.29, 0.717) is 0 Å². The van der Waals surface area contributed by atoms with Crippen LogP contribution in [0.1, 0.15) is 13.8 Å². The van der Waals surface area contributed by atoms with E-state index in [9.17, 15) is 4.79 Å². The molecule has 0 rings (SSSR count). The molecule has 0 radical (unpaired) electrons. The average Bonchev–Trinajstić information content (AvgIpc) is 1.62. The Morgan fingerprint density at radius 1 is 1.67 bits per heavy atom. The molecule has 0 bridgehead atoms. The molecule has 0 saturated heterocycles. The number of hydrogen-bond donors (Lipinski definition) is 2. The average molecular weight is 132 g/mol. The summed E-state index contributed by atoms with van der Waals surface area (Å²) in [5.41, 5.74) is 4.70. The highest BCUT2D eigenvalue weighted by atomic mass is 16.5. The molecule has 0 aliphatic rings. The smallest absolute Gasteiger partial charge is 0.408 e. The van der Waals surface area contributed by atoms with Gasteiger partial charge in [-0.05, 0) is 13.8 Å². The molecule has 4 nitrogen and oxygen atoms in total. The summed E-state index contributed by atoms with van der Waals surface area (Å²) in [6, 6.07) is 0. The van der Waals surface area contributed by atoms with Crippen LogP contribution in [0.15, 0.2) is 0 Å². The summed E-state index contributed by atoms with van der Waals surface area (Å²) in [6.07, 6.45) is -0.512. The van der Waals surface area contributed by atoms with Crippen molar-refractivity contribution >= 4 is 6.09 Å². The number of rotatable bonds is 1. The van der Waals surface area contributed by atoms with Crippen LogP contribution in [0.5, 0.6) is 0 Å². The van der Waals surface area contributed by atoms with Crippen molar-refractivity contribution in [2.75, 3.05) is 7.11 Å². The van der Waals surface area contributed by atoms with Gasteiger partial charge in [0.05, 0.1) is 12.8 Å². The number of methoxy groups -OCH3 is 1. The van der Waals surface area contributed by atoms with Crippen LogP contribution in [0.25, 0.3) is 0 Å². The highest BCUT2D eigenvalue weighted by Crippen LogP contribution is 1.88. The monoisotopic (exact) mass is 132 g/mol. The molecule has 0 unspecified atom stereocenters. The number of carbonyl (C=O) groups excluding carboxylic acids is 1. The van der Waals surface area contributed by atoms with Gasteiger partial charge in [-0.2, -0.15) is 0 Å². The molecule has 0 aromatic rings. The van der Waals surface area contributed by atoms with E-state index in [1.54, 1.807) is 13.8 Å². The summed E-state index contributed by atoms with van der Waals surface area (Å²) in [5, 5.41) is 2.39. The fraction of sp³-hybridized carbons (Fsp3) is 0.800. The van der Waals surface area contributed by atoms with Crippen LogP contribution in [0.2, 0.25) is 0 Å². The standard InChI is InChI=1S/C5H12N2O2/c1-5(2,6)7-4(8)9-3/h6H2,1-3H3,(H,7,8). The van der Waals surface area contributed by atoms with Crippen molar-refractivity contribution in [2.45, 2.75) is 19.5 Å². The summed E-state index contributed by atoms with van der Waals surface area (Å²) >= 11 is 0. The van der Waals surface area contributed by atoms with Crippen molar-refractivity contribution in [3.05, 3.63) is 0 Å². The maximum Gasteiger partial charge on any atom is 0.408 e. The summed E-state index contributed by atoms with van der Waals surface area (Å²) in [5.74, 6) is 0. The Morgan fingerprint density at radius 3 is 2.22 bits per heavy atom. The van der Waals surface area contributed by atoms with Gasteiger partial charge in [0.1, 0.15) is 0 Å². The van der Waals surface area contributed by atoms with Crippen LogP contribution >= 0.6 is 0 Å². The molecule has 0 fully saturated rings. The zero-order valence-corrected chi connectivity index (χ0v) is 5.89. The van der Waals surface area contributed by atoms with E-state index in [2.05, 4.69) is 10.1 Å². The predicted octanol–water partition coefficient (Wildman–Crippen LogP) is 0.0372. The van der Waals surface area contributed by atoms with Gasteiger partial charge in [-0.25, -0.2) is 4.79 Å². The molecule has 1 amide bonds. The van der Waals surface area contributed by atoms with Gasteiger partial charge in [-0.1, -0.05) is 0 Å². The number of hydrogen-bond acceptors (Lipinski definition) is 3. The van der Waals surface area contributed by atoms with Crippen molar-refractivity contribution in [2.24, 2.45) is 5.73 Å². The molecule has 0 atom stereocenters. The maximum absolute atomic E-state index is 10.4. The molecule has 0 aliphatic heterocycles. The summed E-state index contributed by atoms with van der Waals surface area (Å²) < 4.78 is 4.30. The SMILES string of the molecule is COC(=O)NC(C)(C)N. The molecule has 0 heterocycles. The zero-order chi connectivity index (χ0) is 7.49. The Labute approximate surface area is 54.4 Å². The fourth-order valence-corrected chi connectivity index (χ4v) is 0.314. The van der Waals surface area contributed by atoms with Gasteiger partial charge in [0.15, 0.2) is 0 Å². The number of amides is 1. The fourth-order valence-electron chi connectivity index (χ4n) is 0.314. The minimum atomic E-state index is -0.701. The quantitative estimate of drug-likeness (QED) is 0.495. The Morgan fingerprint density at radius 2 is 2.11 bits per heavy atom. The highest BCUT2D eigenvalue weighted by molar-refractivity contribution is 5.67. The Hall–Kier alpha value is -0.770. The van der Waals surface area contributed by atoms with Crippen LogP contribution in [0.3, 0.4) is 0 Å². The molecule has 0 saturated carbocycles. The van der Waals surface area contributed by atoms with E-state index < -0.39 is 11.8 Å². The predicted molar refractivity (Wildman–Crippen MR) is 33.8 cm³/mol. The first kappa shape index (κ1) is 8.23. The second kappa shape index (κ2) is 2.68. The summed E-state index contributed by atoms with van der Waals surface area (Å²) in [6.45, 7) is 3.34. The zero-order valence-electron chi connectivity index (χ0n) is 5.89. The highest BCUT2D eigenvalue weighted by Gasteiger charge is 2.12. The van der Waals surface area contributed by atoms with E-state index in [1.165, 1.54) is 7.11 Å². The number of nitrogens with one attached hydrogen (secondary N) is 1. The Bertz CT molecular complexity index is 106. The number of nitrogens with two attached hydrogens (primary N) is 1. The van der Waals surface area contributed by atoms with E-state index in [0.717, 1.165) is 0 Å². The van der Waals surface area contributed by atoms with Gasteiger partial charge in [-0.15, -0.1) is 0 Å². The van der Waals surface area contributed by atoms with E-state index in [4.69, 9.17) is 5.73 Å².